The van der Waals surface area contributed by atoms with Crippen LogP contribution >= 0.6 is 27.5 Å². The SMILES string of the molecule is CNC(c1ccc(OC)cc1Cl)c1c(F)cccc1Br. The van der Waals surface area contributed by atoms with E-state index in [4.69, 9.17) is 16.3 Å². The molecule has 0 bridgehead atoms. The summed E-state index contributed by atoms with van der Waals surface area (Å²) in [6.45, 7) is 0. The Hall–Kier alpha value is -1.10. The summed E-state index contributed by atoms with van der Waals surface area (Å²) in [5, 5.41) is 3.63. The van der Waals surface area contributed by atoms with Crippen molar-refractivity contribution < 1.29 is 9.13 Å². The molecule has 0 amide bonds. The van der Waals surface area contributed by atoms with Crippen molar-refractivity contribution in [3.63, 3.8) is 0 Å². The average Bonchev–Trinajstić information content (AvgIpc) is 2.43. The molecule has 0 aliphatic heterocycles. The van der Waals surface area contributed by atoms with Gasteiger partial charge in [-0.3, -0.25) is 0 Å². The summed E-state index contributed by atoms with van der Waals surface area (Å²) < 4.78 is 19.9. The molecule has 0 heterocycles. The van der Waals surface area contributed by atoms with E-state index in [2.05, 4.69) is 21.2 Å². The molecule has 0 spiro atoms. The Balaban J connectivity index is 2.53. The summed E-state index contributed by atoms with van der Waals surface area (Å²) in [6.07, 6.45) is 0. The van der Waals surface area contributed by atoms with Gasteiger partial charge in [-0.2, -0.15) is 0 Å². The molecule has 2 aromatic rings. The molecular formula is C15H14BrClFNO. The van der Waals surface area contributed by atoms with Crippen LogP contribution in [0.15, 0.2) is 40.9 Å². The predicted octanol–water partition coefficient (Wildman–Crippen LogP) is 4.56. The summed E-state index contributed by atoms with van der Waals surface area (Å²) >= 11 is 9.67. The smallest absolute Gasteiger partial charge is 0.129 e. The van der Waals surface area contributed by atoms with Crippen LogP contribution in [0.1, 0.15) is 17.2 Å². The van der Waals surface area contributed by atoms with Gasteiger partial charge in [0.05, 0.1) is 13.2 Å². The summed E-state index contributed by atoms with van der Waals surface area (Å²) in [7, 11) is 3.35. The summed E-state index contributed by atoms with van der Waals surface area (Å²) in [5.41, 5.74) is 1.32. The zero-order valence-corrected chi connectivity index (χ0v) is 13.4. The molecule has 1 unspecified atom stereocenters. The van der Waals surface area contributed by atoms with Crippen molar-refractivity contribution >= 4 is 27.5 Å². The lowest BCUT2D eigenvalue weighted by molar-refractivity contribution is 0.414. The Kier molecular flexibility index (Phi) is 5.02. The van der Waals surface area contributed by atoms with Crippen molar-refractivity contribution in [2.75, 3.05) is 14.2 Å². The normalized spacial score (nSPS) is 12.2. The van der Waals surface area contributed by atoms with E-state index in [9.17, 15) is 4.39 Å². The first-order valence-electron chi connectivity index (χ1n) is 6.03. The van der Waals surface area contributed by atoms with Crippen LogP contribution in [0.25, 0.3) is 0 Å². The monoisotopic (exact) mass is 357 g/mol. The molecule has 1 N–H and O–H groups in total. The fraction of sp³-hybridized carbons (Fsp3) is 0.200. The highest BCUT2D eigenvalue weighted by atomic mass is 79.9. The molecule has 106 valence electrons. The van der Waals surface area contributed by atoms with E-state index in [0.717, 1.165) is 5.56 Å². The van der Waals surface area contributed by atoms with Crippen LogP contribution in [0, 0.1) is 5.82 Å². The molecule has 2 rings (SSSR count). The molecule has 0 saturated carbocycles. The predicted molar refractivity (Wildman–Crippen MR) is 83.0 cm³/mol. The number of nitrogens with one attached hydrogen (secondary N) is 1. The molecule has 2 nitrogen and oxygen atoms in total. The van der Waals surface area contributed by atoms with Crippen LogP contribution in [-0.4, -0.2) is 14.2 Å². The van der Waals surface area contributed by atoms with Crippen LogP contribution in [0.3, 0.4) is 0 Å². The van der Waals surface area contributed by atoms with Gasteiger partial charge in [0.2, 0.25) is 0 Å². The first kappa shape index (κ1) is 15.3. The van der Waals surface area contributed by atoms with Crippen LogP contribution in [0.4, 0.5) is 4.39 Å². The quantitative estimate of drug-likeness (QED) is 0.865. The van der Waals surface area contributed by atoms with E-state index in [1.165, 1.54) is 6.07 Å². The van der Waals surface area contributed by atoms with Crippen molar-refractivity contribution in [2.45, 2.75) is 6.04 Å². The Labute approximate surface area is 131 Å². The molecule has 0 fully saturated rings. The highest BCUT2D eigenvalue weighted by Crippen LogP contribution is 2.35. The minimum atomic E-state index is -0.344. The molecule has 20 heavy (non-hydrogen) atoms. The maximum Gasteiger partial charge on any atom is 0.129 e. The number of rotatable bonds is 4. The fourth-order valence-electron chi connectivity index (χ4n) is 2.11. The number of methoxy groups -OCH3 is 1. The summed E-state index contributed by atoms with van der Waals surface area (Å²) in [5.74, 6) is 0.381. The van der Waals surface area contributed by atoms with Gasteiger partial charge in [-0.05, 0) is 36.9 Å². The number of hydrogen-bond acceptors (Lipinski definition) is 2. The van der Waals surface area contributed by atoms with Gasteiger partial charge >= 0.3 is 0 Å². The average molecular weight is 359 g/mol. The molecule has 0 aliphatic rings. The van der Waals surface area contributed by atoms with E-state index in [-0.39, 0.29) is 11.9 Å². The molecule has 5 heteroatoms. The van der Waals surface area contributed by atoms with Crippen molar-refractivity contribution in [3.8, 4) is 5.75 Å². The largest absolute Gasteiger partial charge is 0.497 e. The molecule has 0 aromatic heterocycles. The Morgan fingerprint density at radius 2 is 2.05 bits per heavy atom. The van der Waals surface area contributed by atoms with Crippen molar-refractivity contribution in [1.82, 2.24) is 5.32 Å². The van der Waals surface area contributed by atoms with E-state index in [1.54, 1.807) is 38.4 Å². The first-order valence-corrected chi connectivity index (χ1v) is 7.20. The van der Waals surface area contributed by atoms with Gasteiger partial charge in [0.25, 0.3) is 0 Å². The highest BCUT2D eigenvalue weighted by Gasteiger charge is 2.21. The zero-order valence-electron chi connectivity index (χ0n) is 11.1. The van der Waals surface area contributed by atoms with Crippen molar-refractivity contribution in [3.05, 3.63) is 62.8 Å². The van der Waals surface area contributed by atoms with Gasteiger partial charge in [0.15, 0.2) is 0 Å². The minimum absolute atomic E-state index is 0.286. The maximum absolute atomic E-state index is 14.1. The van der Waals surface area contributed by atoms with Gasteiger partial charge in [-0.25, -0.2) is 4.39 Å². The Bertz CT molecular complexity index is 601. The topological polar surface area (TPSA) is 21.3 Å². The Morgan fingerprint density at radius 1 is 1.30 bits per heavy atom. The number of benzene rings is 2. The van der Waals surface area contributed by atoms with Crippen LogP contribution in [0.2, 0.25) is 5.02 Å². The van der Waals surface area contributed by atoms with Gasteiger partial charge in [0, 0.05) is 15.1 Å². The molecule has 2 aromatic carbocycles. The number of ether oxygens (including phenoxy) is 1. The second-order valence-corrected chi connectivity index (χ2v) is 5.51. The molecular weight excluding hydrogens is 345 g/mol. The van der Waals surface area contributed by atoms with Crippen molar-refractivity contribution in [2.24, 2.45) is 0 Å². The van der Waals surface area contributed by atoms with Crippen LogP contribution in [-0.2, 0) is 0 Å². The van der Waals surface area contributed by atoms with Crippen LogP contribution in [0.5, 0.6) is 5.75 Å². The lowest BCUT2D eigenvalue weighted by Gasteiger charge is -2.21. The third-order valence-corrected chi connectivity index (χ3v) is 4.11. The second-order valence-electron chi connectivity index (χ2n) is 4.24. The molecule has 1 atom stereocenters. The van der Waals surface area contributed by atoms with E-state index < -0.39 is 0 Å². The number of hydrogen-bond donors (Lipinski definition) is 1. The van der Waals surface area contributed by atoms with E-state index >= 15 is 0 Å². The lowest BCUT2D eigenvalue weighted by Crippen LogP contribution is -2.20. The van der Waals surface area contributed by atoms with Crippen molar-refractivity contribution in [1.29, 1.82) is 0 Å². The zero-order chi connectivity index (χ0) is 14.7. The standard InChI is InChI=1S/C15H14BrClFNO/c1-19-15(14-11(16)4-3-5-13(14)18)10-7-6-9(20-2)8-12(10)17/h3-8,15,19H,1-2H3. The summed E-state index contributed by atoms with van der Waals surface area (Å²) in [4.78, 5) is 0. The first-order chi connectivity index (χ1) is 9.58. The van der Waals surface area contributed by atoms with Gasteiger partial charge < -0.3 is 10.1 Å². The summed E-state index contributed by atoms with van der Waals surface area (Å²) in [6, 6.07) is 9.91. The third-order valence-electron chi connectivity index (χ3n) is 3.10. The molecule has 0 radical (unpaired) electrons. The van der Waals surface area contributed by atoms with E-state index in [0.29, 0.717) is 20.8 Å². The maximum atomic E-state index is 14.1. The van der Waals surface area contributed by atoms with E-state index in [1.807, 2.05) is 6.07 Å². The number of halogens is 3. The fourth-order valence-corrected chi connectivity index (χ4v) is 2.96. The highest BCUT2D eigenvalue weighted by molar-refractivity contribution is 9.10. The minimum Gasteiger partial charge on any atom is -0.497 e. The van der Waals surface area contributed by atoms with Crippen LogP contribution < -0.4 is 10.1 Å². The molecule has 0 aliphatic carbocycles. The van der Waals surface area contributed by atoms with Gasteiger partial charge in [0.1, 0.15) is 11.6 Å². The third kappa shape index (κ3) is 2.97. The molecule has 0 saturated heterocycles. The lowest BCUT2D eigenvalue weighted by atomic mass is 9.98. The van der Waals surface area contributed by atoms with Gasteiger partial charge in [-0.15, -0.1) is 0 Å². The Morgan fingerprint density at radius 3 is 2.60 bits per heavy atom. The van der Waals surface area contributed by atoms with Gasteiger partial charge in [-0.1, -0.05) is 39.7 Å². The second kappa shape index (κ2) is 6.57.